The molecule has 6 nitrogen and oxygen atoms in total. The summed E-state index contributed by atoms with van der Waals surface area (Å²) in [6, 6.07) is 0.747. The van der Waals surface area contributed by atoms with Crippen LogP contribution >= 0.6 is 0 Å². The number of fused-ring (bicyclic) bond motifs is 1. The maximum Gasteiger partial charge on any atom is 0.180 e. The first-order chi connectivity index (χ1) is 9.74. The maximum absolute atomic E-state index is 5.80. The topological polar surface area (TPSA) is 71.5 Å². The van der Waals surface area contributed by atoms with Crippen LogP contribution in [-0.2, 0) is 0 Å². The highest BCUT2D eigenvalue weighted by Gasteiger charge is 2.18. The Bertz CT molecular complexity index is 572. The van der Waals surface area contributed by atoms with Gasteiger partial charge in [0.15, 0.2) is 11.5 Å². The molecule has 108 valence electrons. The zero-order chi connectivity index (χ0) is 13.9. The van der Waals surface area contributed by atoms with Crippen LogP contribution in [0.3, 0.4) is 0 Å². The normalized spacial score (nSPS) is 16.3. The summed E-state index contributed by atoms with van der Waals surface area (Å²) in [5, 5.41) is 3.35. The van der Waals surface area contributed by atoms with E-state index in [0.717, 1.165) is 30.6 Å². The predicted octanol–water partition coefficient (Wildman–Crippen LogP) is 1.60. The number of nitrogens with two attached hydrogens (primary N) is 1. The smallest absolute Gasteiger partial charge is 0.180 e. The van der Waals surface area contributed by atoms with E-state index < -0.39 is 0 Å². The van der Waals surface area contributed by atoms with Crippen LogP contribution in [0.2, 0.25) is 0 Å². The quantitative estimate of drug-likeness (QED) is 0.866. The van der Waals surface area contributed by atoms with Crippen LogP contribution in [0.25, 0.3) is 5.65 Å². The molecule has 1 fully saturated rings. The molecule has 3 rings (SSSR count). The van der Waals surface area contributed by atoms with Crippen LogP contribution in [0.4, 0.5) is 11.6 Å². The zero-order valence-electron chi connectivity index (χ0n) is 11.9. The number of nitrogens with one attached hydrogen (secondary N) is 1. The van der Waals surface area contributed by atoms with E-state index in [1.54, 1.807) is 12.4 Å². The Labute approximate surface area is 119 Å². The van der Waals surface area contributed by atoms with Gasteiger partial charge in [-0.3, -0.25) is 0 Å². The largest absolute Gasteiger partial charge is 0.382 e. The summed E-state index contributed by atoms with van der Waals surface area (Å²) >= 11 is 0. The molecule has 0 atom stereocenters. The van der Waals surface area contributed by atoms with Gasteiger partial charge < -0.3 is 20.4 Å². The average molecular weight is 274 g/mol. The van der Waals surface area contributed by atoms with Crippen LogP contribution in [0.1, 0.15) is 25.7 Å². The van der Waals surface area contributed by atoms with Crippen molar-refractivity contribution in [1.82, 2.24) is 19.3 Å². The van der Waals surface area contributed by atoms with Gasteiger partial charge in [0.05, 0.1) is 6.20 Å². The standard InChI is InChI=1S/C14H22N6/c1-19(11-4-2-3-5-11)8-6-16-13-14-17-7-9-20(14)10-12(15)18-13/h7,9-11H,2-6,8,15H2,1H3,(H,16,18). The van der Waals surface area contributed by atoms with Crippen molar-refractivity contribution in [2.45, 2.75) is 31.7 Å². The van der Waals surface area contributed by atoms with Crippen LogP contribution in [0.15, 0.2) is 18.6 Å². The Morgan fingerprint density at radius 2 is 2.25 bits per heavy atom. The fraction of sp³-hybridized carbons (Fsp3) is 0.571. The van der Waals surface area contributed by atoms with Gasteiger partial charge in [-0.15, -0.1) is 0 Å². The lowest BCUT2D eigenvalue weighted by atomic mass is 10.2. The zero-order valence-corrected chi connectivity index (χ0v) is 11.9. The molecule has 0 saturated heterocycles. The summed E-state index contributed by atoms with van der Waals surface area (Å²) in [7, 11) is 2.20. The summed E-state index contributed by atoms with van der Waals surface area (Å²) in [5.41, 5.74) is 6.63. The molecule has 0 spiro atoms. The summed E-state index contributed by atoms with van der Waals surface area (Å²) in [4.78, 5) is 11.1. The molecule has 0 bridgehead atoms. The van der Waals surface area contributed by atoms with Crippen molar-refractivity contribution < 1.29 is 0 Å². The second kappa shape index (κ2) is 5.66. The molecular formula is C14H22N6. The van der Waals surface area contributed by atoms with Gasteiger partial charge in [0, 0.05) is 31.5 Å². The van der Waals surface area contributed by atoms with Gasteiger partial charge in [-0.25, -0.2) is 9.97 Å². The van der Waals surface area contributed by atoms with Crippen molar-refractivity contribution in [3.05, 3.63) is 18.6 Å². The van der Waals surface area contributed by atoms with Crippen LogP contribution in [-0.4, -0.2) is 45.4 Å². The molecule has 20 heavy (non-hydrogen) atoms. The van der Waals surface area contributed by atoms with Crippen molar-refractivity contribution in [3.8, 4) is 0 Å². The molecule has 3 N–H and O–H groups in total. The first-order valence-corrected chi connectivity index (χ1v) is 7.27. The summed E-state index contributed by atoms with van der Waals surface area (Å²) in [6.45, 7) is 1.86. The van der Waals surface area contributed by atoms with Crippen molar-refractivity contribution in [2.75, 3.05) is 31.2 Å². The second-order valence-electron chi connectivity index (χ2n) is 5.52. The number of likely N-dealkylation sites (N-methyl/N-ethyl adjacent to an activating group) is 1. The van der Waals surface area contributed by atoms with E-state index >= 15 is 0 Å². The van der Waals surface area contributed by atoms with E-state index in [-0.39, 0.29) is 0 Å². The van der Waals surface area contributed by atoms with Crippen LogP contribution in [0, 0.1) is 0 Å². The van der Waals surface area contributed by atoms with E-state index in [9.17, 15) is 0 Å². The van der Waals surface area contributed by atoms with Gasteiger partial charge in [0.25, 0.3) is 0 Å². The summed E-state index contributed by atoms with van der Waals surface area (Å²) < 4.78 is 1.89. The number of anilines is 2. The Morgan fingerprint density at radius 1 is 1.45 bits per heavy atom. The average Bonchev–Trinajstić information content (AvgIpc) is 3.09. The van der Waals surface area contributed by atoms with Crippen molar-refractivity contribution in [2.24, 2.45) is 0 Å². The molecule has 0 aliphatic heterocycles. The molecule has 1 aliphatic rings. The number of nitrogens with zero attached hydrogens (tertiary/aromatic N) is 4. The molecule has 2 aromatic heterocycles. The van der Waals surface area contributed by atoms with Crippen LogP contribution in [0.5, 0.6) is 0 Å². The Hall–Kier alpha value is -1.82. The predicted molar refractivity (Wildman–Crippen MR) is 80.8 cm³/mol. The number of imidazole rings is 1. The molecule has 1 aliphatic carbocycles. The van der Waals surface area contributed by atoms with E-state index in [4.69, 9.17) is 5.73 Å². The second-order valence-corrected chi connectivity index (χ2v) is 5.52. The van der Waals surface area contributed by atoms with E-state index in [2.05, 4.69) is 27.2 Å². The third-order valence-electron chi connectivity index (χ3n) is 4.10. The highest BCUT2D eigenvalue weighted by Crippen LogP contribution is 2.22. The van der Waals surface area contributed by atoms with Gasteiger partial charge in [-0.05, 0) is 19.9 Å². The molecular weight excluding hydrogens is 252 g/mol. The molecule has 2 aromatic rings. The van der Waals surface area contributed by atoms with Gasteiger partial charge >= 0.3 is 0 Å². The number of aromatic nitrogens is 3. The Morgan fingerprint density at radius 3 is 3.05 bits per heavy atom. The van der Waals surface area contributed by atoms with Crippen LogP contribution < -0.4 is 11.1 Å². The number of nitrogen functional groups attached to an aromatic ring is 1. The Kier molecular flexibility index (Phi) is 3.73. The summed E-state index contributed by atoms with van der Waals surface area (Å²) in [6.07, 6.45) is 10.8. The number of hydrogen-bond acceptors (Lipinski definition) is 5. The van der Waals surface area contributed by atoms with E-state index in [1.807, 2.05) is 10.6 Å². The fourth-order valence-electron chi connectivity index (χ4n) is 2.95. The van der Waals surface area contributed by atoms with Crippen molar-refractivity contribution in [1.29, 1.82) is 0 Å². The lowest BCUT2D eigenvalue weighted by Gasteiger charge is -2.24. The first-order valence-electron chi connectivity index (χ1n) is 7.27. The van der Waals surface area contributed by atoms with Crippen molar-refractivity contribution in [3.63, 3.8) is 0 Å². The highest BCUT2D eigenvalue weighted by molar-refractivity contribution is 5.64. The van der Waals surface area contributed by atoms with Gasteiger partial charge in [0.1, 0.15) is 5.82 Å². The molecule has 0 unspecified atom stereocenters. The number of hydrogen-bond donors (Lipinski definition) is 2. The summed E-state index contributed by atoms with van der Waals surface area (Å²) in [5.74, 6) is 1.26. The third-order valence-corrected chi connectivity index (χ3v) is 4.10. The maximum atomic E-state index is 5.80. The molecule has 6 heteroatoms. The Balaban J connectivity index is 1.60. The minimum absolute atomic E-state index is 0.502. The number of rotatable bonds is 5. The fourth-order valence-corrected chi connectivity index (χ4v) is 2.95. The highest BCUT2D eigenvalue weighted by atomic mass is 15.2. The van der Waals surface area contributed by atoms with Gasteiger partial charge in [-0.2, -0.15) is 0 Å². The minimum atomic E-state index is 0.502. The molecule has 0 amide bonds. The molecule has 0 radical (unpaired) electrons. The third kappa shape index (κ3) is 2.70. The lowest BCUT2D eigenvalue weighted by Crippen LogP contribution is -2.33. The first kappa shape index (κ1) is 13.2. The minimum Gasteiger partial charge on any atom is -0.382 e. The van der Waals surface area contributed by atoms with Gasteiger partial charge in [-0.1, -0.05) is 12.8 Å². The van der Waals surface area contributed by atoms with E-state index in [1.165, 1.54) is 25.7 Å². The molecule has 1 saturated carbocycles. The SMILES string of the molecule is CN(CCNc1nc(N)cn2ccnc12)C1CCCC1. The van der Waals surface area contributed by atoms with Gasteiger partial charge in [0.2, 0.25) is 0 Å². The molecule has 2 heterocycles. The van der Waals surface area contributed by atoms with Crippen molar-refractivity contribution >= 4 is 17.3 Å². The molecule has 0 aromatic carbocycles. The monoisotopic (exact) mass is 274 g/mol. The lowest BCUT2D eigenvalue weighted by molar-refractivity contribution is 0.254. The van der Waals surface area contributed by atoms with E-state index in [0.29, 0.717) is 5.82 Å².